The number of H-pyrrole nitrogens is 1. The van der Waals surface area contributed by atoms with E-state index in [4.69, 9.17) is 0 Å². The molecule has 0 radical (unpaired) electrons. The second-order valence-corrected chi connectivity index (χ2v) is 3.98. The van der Waals surface area contributed by atoms with Gasteiger partial charge in [-0.3, -0.25) is 4.79 Å². The fraction of sp³-hybridized carbons (Fsp3) is 0.545. The molecule has 0 spiro atoms. The van der Waals surface area contributed by atoms with Crippen molar-refractivity contribution in [2.75, 3.05) is 13.1 Å². The quantitative estimate of drug-likeness (QED) is 0.681. The minimum Gasteiger partial charge on any atom is -0.367 e. The van der Waals surface area contributed by atoms with Crippen molar-refractivity contribution in [3.8, 4) is 0 Å². The van der Waals surface area contributed by atoms with Gasteiger partial charge in [-0.1, -0.05) is 0 Å². The van der Waals surface area contributed by atoms with Crippen LogP contribution < -0.4 is 10.6 Å². The summed E-state index contributed by atoms with van der Waals surface area (Å²) in [5.74, 6) is 0.320. The monoisotopic (exact) mass is 207 g/mol. The average molecular weight is 207 g/mol. The summed E-state index contributed by atoms with van der Waals surface area (Å²) in [4.78, 5) is 14.7. The Morgan fingerprint density at radius 1 is 1.60 bits per heavy atom. The van der Waals surface area contributed by atoms with Gasteiger partial charge in [0, 0.05) is 25.5 Å². The van der Waals surface area contributed by atoms with Gasteiger partial charge in [0.15, 0.2) is 0 Å². The van der Waals surface area contributed by atoms with Crippen molar-refractivity contribution >= 4 is 5.91 Å². The van der Waals surface area contributed by atoms with E-state index in [1.807, 2.05) is 18.5 Å². The van der Waals surface area contributed by atoms with Crippen molar-refractivity contribution in [1.82, 2.24) is 15.6 Å². The smallest absolute Gasteiger partial charge is 0.224 e. The van der Waals surface area contributed by atoms with Gasteiger partial charge in [0.1, 0.15) is 0 Å². The number of amides is 1. The van der Waals surface area contributed by atoms with E-state index < -0.39 is 0 Å². The van der Waals surface area contributed by atoms with Crippen LogP contribution in [0.1, 0.15) is 18.4 Å². The molecule has 0 saturated carbocycles. The Morgan fingerprint density at radius 3 is 3.20 bits per heavy atom. The molecule has 2 rings (SSSR count). The molecule has 1 aliphatic rings. The lowest BCUT2D eigenvalue weighted by Gasteiger charge is -2.21. The maximum Gasteiger partial charge on any atom is 0.224 e. The first kappa shape index (κ1) is 10.2. The van der Waals surface area contributed by atoms with Crippen LogP contribution in [0.15, 0.2) is 18.5 Å². The molecule has 0 unspecified atom stereocenters. The second kappa shape index (κ2) is 4.98. The summed E-state index contributed by atoms with van der Waals surface area (Å²) in [5.41, 5.74) is 1.12. The van der Waals surface area contributed by atoms with Crippen LogP contribution in [0, 0.1) is 5.92 Å². The Labute approximate surface area is 89.5 Å². The molecule has 1 aliphatic heterocycles. The highest BCUT2D eigenvalue weighted by Crippen LogP contribution is 2.09. The molecule has 0 bridgehead atoms. The van der Waals surface area contributed by atoms with Gasteiger partial charge in [-0.2, -0.15) is 0 Å². The van der Waals surface area contributed by atoms with Gasteiger partial charge in [-0.05, 0) is 31.0 Å². The number of carbonyl (C=O) groups is 1. The van der Waals surface area contributed by atoms with Crippen molar-refractivity contribution in [2.45, 2.75) is 19.4 Å². The van der Waals surface area contributed by atoms with E-state index in [0.29, 0.717) is 6.54 Å². The molecule has 15 heavy (non-hydrogen) atoms. The molecule has 4 nitrogen and oxygen atoms in total. The Hall–Kier alpha value is -1.29. The minimum atomic E-state index is 0.151. The molecule has 3 N–H and O–H groups in total. The van der Waals surface area contributed by atoms with E-state index in [9.17, 15) is 4.79 Å². The van der Waals surface area contributed by atoms with Gasteiger partial charge in [0.05, 0.1) is 5.92 Å². The highest BCUT2D eigenvalue weighted by Gasteiger charge is 2.20. The summed E-state index contributed by atoms with van der Waals surface area (Å²) in [6.45, 7) is 2.49. The predicted molar refractivity (Wildman–Crippen MR) is 58.2 cm³/mol. The standard InChI is InChI=1S/C11H17N3O/c15-11(10-2-1-4-12-8-10)14-7-9-3-5-13-6-9/h3,5-6,10,12-13H,1-2,4,7-8H2,(H,14,15)/t10-/m0/s1. The molecule has 0 aliphatic carbocycles. The summed E-state index contributed by atoms with van der Waals surface area (Å²) in [5, 5.41) is 6.20. The van der Waals surface area contributed by atoms with Crippen molar-refractivity contribution in [3.05, 3.63) is 24.0 Å². The number of rotatable bonds is 3. The molecule has 4 heteroatoms. The Morgan fingerprint density at radius 2 is 2.53 bits per heavy atom. The molecule has 1 amide bonds. The molecule has 1 fully saturated rings. The number of hydrogen-bond donors (Lipinski definition) is 3. The van der Waals surface area contributed by atoms with Crippen LogP contribution in [0.25, 0.3) is 0 Å². The van der Waals surface area contributed by atoms with Crippen molar-refractivity contribution in [1.29, 1.82) is 0 Å². The van der Waals surface area contributed by atoms with E-state index in [-0.39, 0.29) is 11.8 Å². The number of nitrogens with one attached hydrogen (secondary N) is 3. The van der Waals surface area contributed by atoms with E-state index in [1.54, 1.807) is 0 Å². The highest BCUT2D eigenvalue weighted by atomic mass is 16.1. The Balaban J connectivity index is 1.76. The maximum atomic E-state index is 11.7. The fourth-order valence-corrected chi connectivity index (χ4v) is 1.88. The number of aromatic amines is 1. The van der Waals surface area contributed by atoms with Gasteiger partial charge in [-0.25, -0.2) is 0 Å². The molecule has 1 atom stereocenters. The van der Waals surface area contributed by atoms with Crippen LogP contribution in [0.3, 0.4) is 0 Å². The lowest BCUT2D eigenvalue weighted by atomic mass is 9.99. The molecular weight excluding hydrogens is 190 g/mol. The normalized spacial score (nSPS) is 21.2. The number of aromatic nitrogens is 1. The van der Waals surface area contributed by atoms with Crippen molar-refractivity contribution < 1.29 is 4.79 Å². The van der Waals surface area contributed by atoms with E-state index in [1.165, 1.54) is 0 Å². The van der Waals surface area contributed by atoms with Crippen molar-refractivity contribution in [2.24, 2.45) is 5.92 Å². The van der Waals surface area contributed by atoms with Gasteiger partial charge in [0.2, 0.25) is 5.91 Å². The predicted octanol–water partition coefficient (Wildman–Crippen LogP) is 0.630. The molecule has 0 aromatic carbocycles. The van der Waals surface area contributed by atoms with Crippen LogP contribution >= 0.6 is 0 Å². The zero-order valence-electron chi connectivity index (χ0n) is 8.75. The lowest BCUT2D eigenvalue weighted by Crippen LogP contribution is -2.40. The van der Waals surface area contributed by atoms with Crippen molar-refractivity contribution in [3.63, 3.8) is 0 Å². The zero-order chi connectivity index (χ0) is 10.5. The average Bonchev–Trinajstić information content (AvgIpc) is 2.80. The van der Waals surface area contributed by atoms with Crippen LogP contribution in [-0.4, -0.2) is 24.0 Å². The van der Waals surface area contributed by atoms with Crippen LogP contribution in [-0.2, 0) is 11.3 Å². The fourth-order valence-electron chi connectivity index (χ4n) is 1.88. The van der Waals surface area contributed by atoms with Crippen LogP contribution in [0.4, 0.5) is 0 Å². The van der Waals surface area contributed by atoms with Gasteiger partial charge >= 0.3 is 0 Å². The summed E-state index contributed by atoms with van der Waals surface area (Å²) in [7, 11) is 0. The topological polar surface area (TPSA) is 56.9 Å². The third-order valence-electron chi connectivity index (χ3n) is 2.80. The number of piperidine rings is 1. The second-order valence-electron chi connectivity index (χ2n) is 3.98. The lowest BCUT2D eigenvalue weighted by molar-refractivity contribution is -0.125. The third-order valence-corrected chi connectivity index (χ3v) is 2.80. The molecule has 1 saturated heterocycles. The Bertz CT molecular complexity index is 302. The van der Waals surface area contributed by atoms with E-state index in [0.717, 1.165) is 31.5 Å². The van der Waals surface area contributed by atoms with Gasteiger partial charge < -0.3 is 15.6 Å². The summed E-state index contributed by atoms with van der Waals surface area (Å²) in [6, 6.07) is 1.97. The maximum absolute atomic E-state index is 11.7. The molecule has 1 aromatic rings. The molecule has 82 valence electrons. The molecule has 2 heterocycles. The highest BCUT2D eigenvalue weighted by molar-refractivity contribution is 5.78. The zero-order valence-corrected chi connectivity index (χ0v) is 8.75. The van der Waals surface area contributed by atoms with Gasteiger partial charge in [-0.15, -0.1) is 0 Å². The molecule has 1 aromatic heterocycles. The van der Waals surface area contributed by atoms with Gasteiger partial charge in [0.25, 0.3) is 0 Å². The SMILES string of the molecule is O=C(NCc1cc[nH]c1)[C@H]1CCCNC1. The first-order chi connectivity index (χ1) is 7.36. The molecular formula is C11H17N3O. The minimum absolute atomic E-state index is 0.151. The summed E-state index contributed by atoms with van der Waals surface area (Å²) >= 11 is 0. The third kappa shape index (κ3) is 2.83. The first-order valence-electron chi connectivity index (χ1n) is 5.46. The summed E-state index contributed by atoms with van der Waals surface area (Å²) < 4.78 is 0. The first-order valence-corrected chi connectivity index (χ1v) is 5.46. The summed E-state index contributed by atoms with van der Waals surface area (Å²) in [6.07, 6.45) is 5.87. The van der Waals surface area contributed by atoms with E-state index in [2.05, 4.69) is 15.6 Å². The Kier molecular flexibility index (Phi) is 3.40. The van der Waals surface area contributed by atoms with Crippen LogP contribution in [0.5, 0.6) is 0 Å². The number of carbonyl (C=O) groups excluding carboxylic acids is 1. The van der Waals surface area contributed by atoms with E-state index >= 15 is 0 Å². The largest absolute Gasteiger partial charge is 0.367 e. The van der Waals surface area contributed by atoms with Crippen LogP contribution in [0.2, 0.25) is 0 Å². The number of hydrogen-bond acceptors (Lipinski definition) is 2.